The van der Waals surface area contributed by atoms with Crippen LogP contribution in [0, 0.1) is 6.92 Å². The number of carbonyl (C=O) groups is 1. The molecule has 0 saturated heterocycles. The maximum atomic E-state index is 11.2. The molecule has 4 nitrogen and oxygen atoms in total. The Morgan fingerprint density at radius 2 is 2.17 bits per heavy atom. The lowest BCUT2D eigenvalue weighted by Gasteiger charge is -2.07. The van der Waals surface area contributed by atoms with Crippen molar-refractivity contribution in [3.8, 4) is 0 Å². The molecule has 0 atom stereocenters. The SMILES string of the molecule is Cc1nc(CNCc2ccccc2C(N)=O)cs1. The number of nitrogens with zero attached hydrogens (tertiary/aromatic N) is 1. The molecule has 0 aliphatic rings. The number of hydrogen-bond donors (Lipinski definition) is 2. The van der Waals surface area contributed by atoms with E-state index in [9.17, 15) is 4.79 Å². The van der Waals surface area contributed by atoms with Crippen LogP contribution in [0.1, 0.15) is 26.6 Å². The van der Waals surface area contributed by atoms with Crippen LogP contribution in [0.4, 0.5) is 0 Å². The minimum atomic E-state index is -0.392. The Morgan fingerprint density at radius 1 is 1.39 bits per heavy atom. The molecule has 3 N–H and O–H groups in total. The van der Waals surface area contributed by atoms with Crippen molar-refractivity contribution in [2.45, 2.75) is 20.0 Å². The van der Waals surface area contributed by atoms with Gasteiger partial charge in [0.25, 0.3) is 0 Å². The van der Waals surface area contributed by atoms with Crippen molar-refractivity contribution >= 4 is 17.2 Å². The van der Waals surface area contributed by atoms with Crippen LogP contribution in [0.5, 0.6) is 0 Å². The Kier molecular flexibility index (Phi) is 4.07. The third-order valence-electron chi connectivity index (χ3n) is 2.57. The summed E-state index contributed by atoms with van der Waals surface area (Å²) in [6.45, 7) is 3.28. The lowest BCUT2D eigenvalue weighted by Crippen LogP contribution is -2.18. The molecule has 0 fully saturated rings. The number of aromatic nitrogens is 1. The summed E-state index contributed by atoms with van der Waals surface area (Å²) in [5.41, 5.74) is 7.83. The van der Waals surface area contributed by atoms with E-state index in [-0.39, 0.29) is 0 Å². The summed E-state index contributed by atoms with van der Waals surface area (Å²) < 4.78 is 0. The summed E-state index contributed by atoms with van der Waals surface area (Å²) in [4.78, 5) is 15.6. The van der Waals surface area contributed by atoms with Gasteiger partial charge < -0.3 is 11.1 Å². The molecule has 0 aliphatic heterocycles. The highest BCUT2D eigenvalue weighted by Crippen LogP contribution is 2.10. The van der Waals surface area contributed by atoms with Crippen LogP contribution in [0.2, 0.25) is 0 Å². The van der Waals surface area contributed by atoms with Crippen molar-refractivity contribution in [1.82, 2.24) is 10.3 Å². The molecule has 0 aliphatic carbocycles. The zero-order chi connectivity index (χ0) is 13.0. The molecule has 0 unspecified atom stereocenters. The molecule has 1 aromatic carbocycles. The second-order valence-corrected chi connectivity index (χ2v) is 5.05. The highest BCUT2D eigenvalue weighted by atomic mass is 32.1. The third-order valence-corrected chi connectivity index (χ3v) is 3.39. The number of nitrogens with one attached hydrogen (secondary N) is 1. The molecule has 2 aromatic rings. The number of nitrogens with two attached hydrogens (primary N) is 1. The minimum absolute atomic E-state index is 0.392. The maximum Gasteiger partial charge on any atom is 0.249 e. The standard InChI is InChI=1S/C13H15N3OS/c1-9-16-11(8-18-9)7-15-6-10-4-2-3-5-12(10)13(14)17/h2-5,8,15H,6-7H2,1H3,(H2,14,17). The summed E-state index contributed by atoms with van der Waals surface area (Å²) in [5, 5.41) is 6.35. The highest BCUT2D eigenvalue weighted by Gasteiger charge is 2.06. The number of primary amides is 1. The zero-order valence-electron chi connectivity index (χ0n) is 10.1. The molecule has 0 bridgehead atoms. The smallest absolute Gasteiger partial charge is 0.249 e. The van der Waals surface area contributed by atoms with Crippen LogP contribution < -0.4 is 11.1 Å². The molecule has 1 heterocycles. The van der Waals surface area contributed by atoms with Gasteiger partial charge in [0.2, 0.25) is 5.91 Å². The Balaban J connectivity index is 1.96. The maximum absolute atomic E-state index is 11.2. The van der Waals surface area contributed by atoms with E-state index in [4.69, 9.17) is 5.73 Å². The fourth-order valence-corrected chi connectivity index (χ4v) is 2.34. The average Bonchev–Trinajstić information content (AvgIpc) is 2.75. The van der Waals surface area contributed by atoms with Crippen LogP contribution >= 0.6 is 11.3 Å². The predicted octanol–water partition coefficient (Wildman–Crippen LogP) is 1.84. The van der Waals surface area contributed by atoms with Gasteiger partial charge in [-0.3, -0.25) is 4.79 Å². The van der Waals surface area contributed by atoms with Crippen LogP contribution in [-0.2, 0) is 13.1 Å². The van der Waals surface area contributed by atoms with E-state index in [0.717, 1.165) is 16.3 Å². The minimum Gasteiger partial charge on any atom is -0.366 e. The average molecular weight is 261 g/mol. The van der Waals surface area contributed by atoms with Gasteiger partial charge in [-0.1, -0.05) is 18.2 Å². The van der Waals surface area contributed by atoms with Crippen LogP contribution in [-0.4, -0.2) is 10.9 Å². The highest BCUT2D eigenvalue weighted by molar-refractivity contribution is 7.09. The van der Waals surface area contributed by atoms with Crippen LogP contribution in [0.3, 0.4) is 0 Å². The Labute approximate surface area is 110 Å². The van der Waals surface area contributed by atoms with E-state index in [2.05, 4.69) is 10.3 Å². The molecule has 0 radical (unpaired) electrons. The fourth-order valence-electron chi connectivity index (χ4n) is 1.73. The number of amides is 1. The van der Waals surface area contributed by atoms with Gasteiger partial charge in [-0.25, -0.2) is 4.98 Å². The van der Waals surface area contributed by atoms with Crippen molar-refractivity contribution in [2.75, 3.05) is 0 Å². The van der Waals surface area contributed by atoms with Crippen LogP contribution in [0.15, 0.2) is 29.6 Å². The first-order valence-corrected chi connectivity index (χ1v) is 6.54. The van der Waals surface area contributed by atoms with Crippen molar-refractivity contribution < 1.29 is 4.79 Å². The Morgan fingerprint density at radius 3 is 2.83 bits per heavy atom. The molecule has 18 heavy (non-hydrogen) atoms. The normalized spacial score (nSPS) is 10.5. The van der Waals surface area contributed by atoms with E-state index in [1.54, 1.807) is 17.4 Å². The number of thiazole rings is 1. The summed E-state index contributed by atoms with van der Waals surface area (Å²) in [5.74, 6) is -0.392. The number of hydrogen-bond acceptors (Lipinski definition) is 4. The van der Waals surface area contributed by atoms with E-state index in [1.807, 2.05) is 30.5 Å². The third kappa shape index (κ3) is 3.15. The first-order valence-electron chi connectivity index (χ1n) is 5.66. The van der Waals surface area contributed by atoms with E-state index in [1.165, 1.54) is 0 Å². The summed E-state index contributed by atoms with van der Waals surface area (Å²) in [6.07, 6.45) is 0. The summed E-state index contributed by atoms with van der Waals surface area (Å²) in [6, 6.07) is 7.36. The molecule has 0 spiro atoms. The predicted molar refractivity (Wildman–Crippen MR) is 72.4 cm³/mol. The lowest BCUT2D eigenvalue weighted by atomic mass is 10.1. The van der Waals surface area contributed by atoms with Crippen molar-refractivity contribution in [2.24, 2.45) is 5.73 Å². The van der Waals surface area contributed by atoms with Gasteiger partial charge in [-0.2, -0.15) is 0 Å². The quantitative estimate of drug-likeness (QED) is 0.863. The number of carbonyl (C=O) groups excluding carboxylic acids is 1. The number of benzene rings is 1. The molecule has 2 rings (SSSR count). The number of aryl methyl sites for hydroxylation is 1. The van der Waals surface area contributed by atoms with Crippen LogP contribution in [0.25, 0.3) is 0 Å². The van der Waals surface area contributed by atoms with Gasteiger partial charge in [0.15, 0.2) is 0 Å². The second-order valence-electron chi connectivity index (χ2n) is 3.98. The van der Waals surface area contributed by atoms with Gasteiger partial charge >= 0.3 is 0 Å². The molecule has 1 aromatic heterocycles. The first-order chi connectivity index (χ1) is 8.66. The first kappa shape index (κ1) is 12.7. The molecular weight excluding hydrogens is 246 g/mol. The molecule has 0 saturated carbocycles. The molecular formula is C13H15N3OS. The van der Waals surface area contributed by atoms with Gasteiger partial charge in [0, 0.05) is 24.0 Å². The van der Waals surface area contributed by atoms with Crippen molar-refractivity contribution in [3.63, 3.8) is 0 Å². The van der Waals surface area contributed by atoms with Crippen molar-refractivity contribution in [3.05, 3.63) is 51.5 Å². The van der Waals surface area contributed by atoms with E-state index in [0.29, 0.717) is 18.7 Å². The van der Waals surface area contributed by atoms with E-state index < -0.39 is 5.91 Å². The summed E-state index contributed by atoms with van der Waals surface area (Å²) in [7, 11) is 0. The fraction of sp³-hybridized carbons (Fsp3) is 0.231. The monoisotopic (exact) mass is 261 g/mol. The van der Waals surface area contributed by atoms with Gasteiger partial charge in [-0.15, -0.1) is 11.3 Å². The number of rotatable bonds is 5. The topological polar surface area (TPSA) is 68.0 Å². The largest absolute Gasteiger partial charge is 0.366 e. The van der Waals surface area contributed by atoms with Gasteiger partial charge in [0.1, 0.15) is 0 Å². The lowest BCUT2D eigenvalue weighted by molar-refractivity contribution is 0.0999. The zero-order valence-corrected chi connectivity index (χ0v) is 11.0. The molecule has 5 heteroatoms. The Bertz CT molecular complexity index is 551. The van der Waals surface area contributed by atoms with Gasteiger partial charge in [-0.05, 0) is 18.6 Å². The molecule has 94 valence electrons. The van der Waals surface area contributed by atoms with E-state index >= 15 is 0 Å². The van der Waals surface area contributed by atoms with Crippen molar-refractivity contribution in [1.29, 1.82) is 0 Å². The second kappa shape index (κ2) is 5.75. The summed E-state index contributed by atoms with van der Waals surface area (Å²) >= 11 is 1.63. The Hall–Kier alpha value is -1.72. The molecule has 1 amide bonds. The van der Waals surface area contributed by atoms with Gasteiger partial charge in [0.05, 0.1) is 10.7 Å².